The van der Waals surface area contributed by atoms with E-state index in [2.05, 4.69) is 0 Å². The molecule has 0 radical (unpaired) electrons. The van der Waals surface area contributed by atoms with Crippen LogP contribution in [0.5, 0.6) is 23.0 Å². The Bertz CT molecular complexity index is 926. The van der Waals surface area contributed by atoms with Crippen LogP contribution in [-0.4, -0.2) is 34.7 Å². The van der Waals surface area contributed by atoms with Crippen molar-refractivity contribution in [2.45, 2.75) is 0 Å². The summed E-state index contributed by atoms with van der Waals surface area (Å²) >= 11 is 6.51. The van der Waals surface area contributed by atoms with Crippen LogP contribution in [0.15, 0.2) is 41.3 Å². The Morgan fingerprint density at radius 3 is 2.50 bits per heavy atom. The van der Waals surface area contributed by atoms with Crippen LogP contribution in [0, 0.1) is 0 Å². The van der Waals surface area contributed by atoms with E-state index in [4.69, 9.17) is 21.7 Å². The fourth-order valence-corrected chi connectivity index (χ4v) is 3.71. The number of thioether (sulfide) groups is 1. The summed E-state index contributed by atoms with van der Waals surface area (Å²) in [5, 5.41) is 19.0. The smallest absolute Gasteiger partial charge is 0.270 e. The maximum atomic E-state index is 12.9. The molecule has 0 spiro atoms. The summed E-state index contributed by atoms with van der Waals surface area (Å²) in [5.74, 6) is 0.270. The Morgan fingerprint density at radius 1 is 1.08 bits per heavy atom. The van der Waals surface area contributed by atoms with Gasteiger partial charge in [0, 0.05) is 6.07 Å². The highest BCUT2D eigenvalue weighted by atomic mass is 32.2. The number of nitrogens with zero attached hydrogens (tertiary/aromatic N) is 1. The number of ether oxygens (including phenoxy) is 2. The molecule has 0 atom stereocenters. The molecule has 1 saturated heterocycles. The number of rotatable bonds is 4. The summed E-state index contributed by atoms with van der Waals surface area (Å²) in [6.07, 6.45) is 1.60. The first kappa shape index (κ1) is 18.1. The zero-order valence-corrected chi connectivity index (χ0v) is 15.6. The van der Waals surface area contributed by atoms with Gasteiger partial charge in [0.25, 0.3) is 5.91 Å². The number of carbonyl (C=O) groups excluding carboxylic acids is 1. The number of phenols is 2. The average Bonchev–Trinajstić information content (AvgIpc) is 2.91. The molecule has 0 unspecified atom stereocenters. The van der Waals surface area contributed by atoms with Crippen molar-refractivity contribution < 1.29 is 24.5 Å². The third kappa shape index (κ3) is 3.33. The first-order chi connectivity index (χ1) is 12.4. The van der Waals surface area contributed by atoms with Crippen LogP contribution < -0.4 is 14.4 Å². The van der Waals surface area contributed by atoms with Gasteiger partial charge in [0.05, 0.1) is 24.8 Å². The Hall–Kier alpha value is -2.71. The van der Waals surface area contributed by atoms with Crippen molar-refractivity contribution in [3.8, 4) is 23.0 Å². The largest absolute Gasteiger partial charge is 0.504 e. The predicted molar refractivity (Wildman–Crippen MR) is 105 cm³/mol. The summed E-state index contributed by atoms with van der Waals surface area (Å²) < 4.78 is 10.9. The van der Waals surface area contributed by atoms with E-state index in [0.717, 1.165) is 11.8 Å². The van der Waals surface area contributed by atoms with E-state index in [0.29, 0.717) is 32.0 Å². The molecule has 2 aromatic rings. The number of hydrogen-bond donors (Lipinski definition) is 2. The van der Waals surface area contributed by atoms with Gasteiger partial charge in [0.15, 0.2) is 15.8 Å². The van der Waals surface area contributed by atoms with Crippen molar-refractivity contribution in [2.24, 2.45) is 0 Å². The predicted octanol–water partition coefficient (Wildman–Crippen LogP) is 3.52. The van der Waals surface area contributed by atoms with E-state index >= 15 is 0 Å². The third-order valence-corrected chi connectivity index (χ3v) is 5.02. The number of benzene rings is 2. The standard InChI is InChI=1S/C18H15NO5S2/c1-23-11-4-6-15(24-2)12(9-11)19-17(22)16(26-18(19)25)8-10-3-5-13(20)14(21)7-10/h3-9,20-21H,1-2H3. The second-order valence-electron chi connectivity index (χ2n) is 5.30. The molecule has 1 fully saturated rings. The Balaban J connectivity index is 1.99. The quantitative estimate of drug-likeness (QED) is 0.470. The Morgan fingerprint density at radius 2 is 1.85 bits per heavy atom. The van der Waals surface area contributed by atoms with E-state index in [1.165, 1.54) is 31.3 Å². The summed E-state index contributed by atoms with van der Waals surface area (Å²) in [7, 11) is 3.05. The molecular weight excluding hydrogens is 374 g/mol. The van der Waals surface area contributed by atoms with Crippen LogP contribution in [0.1, 0.15) is 5.56 Å². The minimum atomic E-state index is -0.306. The zero-order valence-electron chi connectivity index (χ0n) is 13.9. The summed E-state index contributed by atoms with van der Waals surface area (Å²) in [6, 6.07) is 9.43. The van der Waals surface area contributed by atoms with Crippen molar-refractivity contribution in [1.82, 2.24) is 0 Å². The number of phenolic OH excluding ortho intramolecular Hbond substituents is 2. The van der Waals surface area contributed by atoms with Gasteiger partial charge in [-0.1, -0.05) is 30.0 Å². The summed E-state index contributed by atoms with van der Waals surface area (Å²) in [4.78, 5) is 14.7. The second-order valence-corrected chi connectivity index (χ2v) is 6.98. The third-order valence-electron chi connectivity index (χ3n) is 3.72. The highest BCUT2D eigenvalue weighted by Gasteiger charge is 2.35. The topological polar surface area (TPSA) is 79.2 Å². The average molecular weight is 389 g/mol. The lowest BCUT2D eigenvalue weighted by molar-refractivity contribution is -0.113. The molecule has 134 valence electrons. The van der Waals surface area contributed by atoms with Gasteiger partial charge in [-0.2, -0.15) is 0 Å². The van der Waals surface area contributed by atoms with Crippen molar-refractivity contribution in [2.75, 3.05) is 19.1 Å². The molecule has 0 bridgehead atoms. The van der Waals surface area contributed by atoms with Crippen molar-refractivity contribution in [1.29, 1.82) is 0 Å². The molecule has 6 nitrogen and oxygen atoms in total. The molecule has 0 saturated carbocycles. The molecule has 26 heavy (non-hydrogen) atoms. The second kappa shape index (κ2) is 7.27. The zero-order chi connectivity index (χ0) is 18.8. The molecule has 2 aromatic carbocycles. The molecule has 1 amide bonds. The SMILES string of the molecule is COc1ccc(OC)c(N2C(=O)C(=Cc3ccc(O)c(O)c3)SC2=S)c1. The van der Waals surface area contributed by atoms with Crippen LogP contribution in [0.3, 0.4) is 0 Å². The van der Waals surface area contributed by atoms with Crippen LogP contribution in [0.4, 0.5) is 5.69 Å². The molecular formula is C18H15NO5S2. The van der Waals surface area contributed by atoms with Crippen LogP contribution in [0.25, 0.3) is 6.08 Å². The molecule has 8 heteroatoms. The number of hydrogen-bond acceptors (Lipinski definition) is 7. The minimum absolute atomic E-state index is 0.226. The number of amides is 1. The number of aromatic hydroxyl groups is 2. The Labute approximate surface area is 159 Å². The van der Waals surface area contributed by atoms with Crippen LogP contribution in [-0.2, 0) is 4.79 Å². The molecule has 0 aliphatic carbocycles. The fraction of sp³-hybridized carbons (Fsp3) is 0.111. The van der Waals surface area contributed by atoms with Crippen LogP contribution in [0.2, 0.25) is 0 Å². The van der Waals surface area contributed by atoms with E-state index < -0.39 is 0 Å². The normalized spacial score (nSPS) is 15.6. The number of thiocarbonyl (C=S) groups is 1. The van der Waals surface area contributed by atoms with Crippen molar-refractivity contribution in [3.63, 3.8) is 0 Å². The summed E-state index contributed by atoms with van der Waals surface area (Å²) in [6.45, 7) is 0. The molecule has 0 aromatic heterocycles. The number of anilines is 1. The van der Waals surface area contributed by atoms with Gasteiger partial charge in [-0.25, -0.2) is 0 Å². The molecule has 3 rings (SSSR count). The van der Waals surface area contributed by atoms with Gasteiger partial charge < -0.3 is 19.7 Å². The Kier molecular flexibility index (Phi) is 5.06. The van der Waals surface area contributed by atoms with Gasteiger partial charge in [-0.15, -0.1) is 0 Å². The molecule has 2 N–H and O–H groups in total. The first-order valence-electron chi connectivity index (χ1n) is 7.46. The van der Waals surface area contributed by atoms with E-state index in [1.54, 1.807) is 30.3 Å². The highest BCUT2D eigenvalue weighted by molar-refractivity contribution is 8.27. The van der Waals surface area contributed by atoms with Gasteiger partial charge in [0.2, 0.25) is 0 Å². The van der Waals surface area contributed by atoms with Gasteiger partial charge in [0.1, 0.15) is 11.5 Å². The maximum absolute atomic E-state index is 12.9. The molecule has 1 heterocycles. The van der Waals surface area contributed by atoms with E-state index in [-0.39, 0.29) is 17.4 Å². The van der Waals surface area contributed by atoms with Gasteiger partial charge in [-0.05, 0) is 35.9 Å². The molecule has 1 aliphatic rings. The van der Waals surface area contributed by atoms with Gasteiger partial charge >= 0.3 is 0 Å². The van der Waals surface area contributed by atoms with Gasteiger partial charge in [-0.3, -0.25) is 9.69 Å². The lowest BCUT2D eigenvalue weighted by Gasteiger charge is -2.18. The fourth-order valence-electron chi connectivity index (χ4n) is 2.43. The first-order valence-corrected chi connectivity index (χ1v) is 8.69. The van der Waals surface area contributed by atoms with Crippen molar-refractivity contribution in [3.05, 3.63) is 46.9 Å². The van der Waals surface area contributed by atoms with E-state index in [9.17, 15) is 15.0 Å². The highest BCUT2D eigenvalue weighted by Crippen LogP contribution is 2.41. The van der Waals surface area contributed by atoms with Crippen molar-refractivity contribution >= 4 is 46.0 Å². The van der Waals surface area contributed by atoms with Crippen LogP contribution >= 0.6 is 24.0 Å². The monoisotopic (exact) mass is 389 g/mol. The molecule has 1 aliphatic heterocycles. The summed E-state index contributed by atoms with van der Waals surface area (Å²) in [5.41, 5.74) is 1.06. The van der Waals surface area contributed by atoms with E-state index in [1.807, 2.05) is 0 Å². The number of carbonyl (C=O) groups is 1. The number of methoxy groups -OCH3 is 2. The minimum Gasteiger partial charge on any atom is -0.504 e. The lowest BCUT2D eigenvalue weighted by Crippen LogP contribution is -2.28. The maximum Gasteiger partial charge on any atom is 0.270 e. The lowest BCUT2D eigenvalue weighted by atomic mass is 10.2.